The maximum atomic E-state index is 6.37. The summed E-state index contributed by atoms with van der Waals surface area (Å²) in [6.07, 6.45) is 7.05. The molecule has 9 heteroatoms. The number of nitrogens with zero attached hydrogens (tertiary/aromatic N) is 4. The van der Waals surface area contributed by atoms with Crippen LogP contribution in [0, 0.1) is 0 Å². The van der Waals surface area contributed by atoms with E-state index in [1.165, 1.54) is 11.5 Å². The molecule has 0 atom stereocenters. The molecule has 0 aliphatic carbocycles. The number of nitrogens with one attached hydrogen (secondary N) is 1. The lowest BCUT2D eigenvalue weighted by Gasteiger charge is -2.11. The van der Waals surface area contributed by atoms with Crippen LogP contribution < -0.4 is 10.1 Å². The highest BCUT2D eigenvalue weighted by Gasteiger charge is 2.23. The summed E-state index contributed by atoms with van der Waals surface area (Å²) in [4.78, 5) is 13.1. The molecule has 1 aliphatic rings. The number of thioether (sulfide) groups is 2. The molecule has 3 aromatic heterocycles. The topological polar surface area (TPSA) is 78.0 Å². The fourth-order valence-corrected chi connectivity index (χ4v) is 6.91. The van der Waals surface area contributed by atoms with Crippen molar-refractivity contribution in [3.8, 4) is 28.2 Å². The van der Waals surface area contributed by atoms with Gasteiger partial charge in [-0.1, -0.05) is 30.3 Å². The molecule has 1 aliphatic heterocycles. The zero-order valence-corrected chi connectivity index (χ0v) is 21.2. The Morgan fingerprint density at radius 2 is 1.83 bits per heavy atom. The number of aromatic nitrogens is 4. The van der Waals surface area contributed by atoms with E-state index in [-0.39, 0.29) is 0 Å². The Morgan fingerprint density at radius 1 is 1.00 bits per heavy atom. The molecular weight excluding hydrogens is 490 g/mol. The van der Waals surface area contributed by atoms with E-state index >= 15 is 0 Å². The molecule has 1 fully saturated rings. The average molecular weight is 516 g/mol. The Bertz CT molecular complexity index is 1420. The minimum absolute atomic E-state index is 0.530. The van der Waals surface area contributed by atoms with Crippen molar-refractivity contribution in [2.24, 2.45) is 0 Å². The smallest absolute Gasteiger partial charge is 0.232 e. The molecular formula is C27H25N5O2S2. The number of imidazole rings is 1. The summed E-state index contributed by atoms with van der Waals surface area (Å²) in [7, 11) is 0. The van der Waals surface area contributed by atoms with Crippen molar-refractivity contribution >= 4 is 40.4 Å². The highest BCUT2D eigenvalue weighted by Crippen LogP contribution is 2.43. The zero-order chi connectivity index (χ0) is 24.2. The SMILES string of the molecule is c1ccc(-c2c(-c3ccc(OCCn4ccnc4)cc3)oc3ncnc(NCC4SCCS4)c23)cc1. The van der Waals surface area contributed by atoms with E-state index in [9.17, 15) is 0 Å². The Morgan fingerprint density at radius 3 is 2.61 bits per heavy atom. The van der Waals surface area contributed by atoms with E-state index in [4.69, 9.17) is 9.15 Å². The number of hydrogen-bond acceptors (Lipinski definition) is 8. The van der Waals surface area contributed by atoms with Gasteiger partial charge in [-0.2, -0.15) is 0 Å². The molecule has 5 aromatic rings. The van der Waals surface area contributed by atoms with Crippen LogP contribution >= 0.6 is 23.5 Å². The third-order valence-corrected chi connectivity index (χ3v) is 9.00. The first-order chi connectivity index (χ1) is 17.8. The summed E-state index contributed by atoms with van der Waals surface area (Å²) in [5.41, 5.74) is 3.60. The van der Waals surface area contributed by atoms with Gasteiger partial charge in [0.2, 0.25) is 5.71 Å². The second kappa shape index (κ2) is 10.7. The summed E-state index contributed by atoms with van der Waals surface area (Å²) >= 11 is 3.99. The molecule has 0 bridgehead atoms. The van der Waals surface area contributed by atoms with Gasteiger partial charge in [-0.15, -0.1) is 23.5 Å². The molecule has 0 radical (unpaired) electrons. The monoisotopic (exact) mass is 515 g/mol. The van der Waals surface area contributed by atoms with Gasteiger partial charge in [-0.3, -0.25) is 0 Å². The molecule has 36 heavy (non-hydrogen) atoms. The Hall–Kier alpha value is -3.43. The van der Waals surface area contributed by atoms with Gasteiger partial charge in [-0.05, 0) is 29.8 Å². The van der Waals surface area contributed by atoms with Crippen LogP contribution in [0.1, 0.15) is 0 Å². The van der Waals surface area contributed by atoms with Crippen LogP contribution in [0.4, 0.5) is 5.82 Å². The van der Waals surface area contributed by atoms with Crippen LogP contribution in [0.2, 0.25) is 0 Å². The molecule has 2 aromatic carbocycles. The van der Waals surface area contributed by atoms with Crippen molar-refractivity contribution in [3.63, 3.8) is 0 Å². The summed E-state index contributed by atoms with van der Waals surface area (Å²) in [6.45, 7) is 2.16. The van der Waals surface area contributed by atoms with Crippen LogP contribution in [0.3, 0.4) is 0 Å². The Kier molecular flexibility index (Phi) is 6.82. The van der Waals surface area contributed by atoms with Crippen molar-refractivity contribution < 1.29 is 9.15 Å². The van der Waals surface area contributed by atoms with Gasteiger partial charge < -0.3 is 19.0 Å². The van der Waals surface area contributed by atoms with Gasteiger partial charge in [0.25, 0.3) is 0 Å². The van der Waals surface area contributed by atoms with Gasteiger partial charge in [0.1, 0.15) is 30.3 Å². The van der Waals surface area contributed by atoms with Crippen molar-refractivity contribution in [1.82, 2.24) is 19.5 Å². The molecule has 0 saturated carbocycles. The summed E-state index contributed by atoms with van der Waals surface area (Å²) in [5.74, 6) is 4.79. The summed E-state index contributed by atoms with van der Waals surface area (Å²) in [6, 6.07) is 18.3. The van der Waals surface area contributed by atoms with E-state index in [1.807, 2.05) is 76.8 Å². The van der Waals surface area contributed by atoms with Gasteiger partial charge in [-0.25, -0.2) is 15.0 Å². The summed E-state index contributed by atoms with van der Waals surface area (Å²) < 4.78 is 14.8. The Labute approximate surface area is 217 Å². The predicted octanol–water partition coefficient (Wildman–Crippen LogP) is 6.05. The molecule has 182 valence electrons. The fraction of sp³-hybridized carbons (Fsp3) is 0.222. The maximum absolute atomic E-state index is 6.37. The van der Waals surface area contributed by atoms with Crippen LogP contribution in [0.5, 0.6) is 5.75 Å². The average Bonchev–Trinajstić information content (AvgIpc) is 3.70. The van der Waals surface area contributed by atoms with Crippen molar-refractivity contribution in [3.05, 3.63) is 79.6 Å². The molecule has 0 spiro atoms. The minimum Gasteiger partial charge on any atom is -0.492 e. The molecule has 0 amide bonds. The first-order valence-corrected chi connectivity index (χ1v) is 13.9. The van der Waals surface area contributed by atoms with Gasteiger partial charge in [0, 0.05) is 41.6 Å². The molecule has 1 N–H and O–H groups in total. The van der Waals surface area contributed by atoms with Crippen molar-refractivity contribution in [2.45, 2.75) is 11.1 Å². The van der Waals surface area contributed by atoms with E-state index in [0.29, 0.717) is 16.9 Å². The third kappa shape index (κ3) is 4.94. The highest BCUT2D eigenvalue weighted by molar-refractivity contribution is 8.20. The second-order valence-corrected chi connectivity index (χ2v) is 11.2. The molecule has 1 saturated heterocycles. The summed E-state index contributed by atoms with van der Waals surface area (Å²) in [5, 5.41) is 4.48. The zero-order valence-electron chi connectivity index (χ0n) is 19.5. The Balaban J connectivity index is 1.32. The van der Waals surface area contributed by atoms with Crippen LogP contribution in [0.15, 0.2) is 84.1 Å². The predicted molar refractivity (Wildman–Crippen MR) is 148 cm³/mol. The number of rotatable bonds is 9. The standard InChI is InChI=1S/C27H25N5O2S2/c1-2-4-19(5-3-1)23-24-26(29-16-22-35-14-15-36-22)30-17-31-27(24)34-25(23)20-6-8-21(9-7-20)33-13-12-32-11-10-28-18-32/h1-11,17-18,22H,12-16H2,(H,29,30,31). The minimum atomic E-state index is 0.530. The first-order valence-electron chi connectivity index (χ1n) is 11.8. The number of hydrogen-bond donors (Lipinski definition) is 1. The molecule has 0 unspecified atom stereocenters. The lowest BCUT2D eigenvalue weighted by Crippen LogP contribution is -2.12. The van der Waals surface area contributed by atoms with Crippen LogP contribution in [0.25, 0.3) is 33.6 Å². The number of benzene rings is 2. The van der Waals surface area contributed by atoms with Crippen molar-refractivity contribution in [1.29, 1.82) is 0 Å². The quantitative estimate of drug-likeness (QED) is 0.254. The largest absolute Gasteiger partial charge is 0.492 e. The lowest BCUT2D eigenvalue weighted by atomic mass is 9.99. The van der Waals surface area contributed by atoms with Gasteiger partial charge >= 0.3 is 0 Å². The van der Waals surface area contributed by atoms with E-state index in [1.54, 1.807) is 18.9 Å². The van der Waals surface area contributed by atoms with Crippen LogP contribution in [-0.4, -0.2) is 48.8 Å². The molecule has 7 nitrogen and oxygen atoms in total. The number of fused-ring (bicyclic) bond motifs is 1. The third-order valence-electron chi connectivity index (χ3n) is 5.97. The highest BCUT2D eigenvalue weighted by atomic mass is 32.2. The van der Waals surface area contributed by atoms with Gasteiger partial charge in [0.15, 0.2) is 0 Å². The number of furan rings is 1. The number of ether oxygens (including phenoxy) is 1. The number of anilines is 1. The normalized spacial score (nSPS) is 13.9. The molecule has 4 heterocycles. The van der Waals surface area contributed by atoms with E-state index in [2.05, 4.69) is 32.4 Å². The van der Waals surface area contributed by atoms with Crippen LogP contribution in [-0.2, 0) is 6.54 Å². The lowest BCUT2D eigenvalue weighted by molar-refractivity contribution is 0.298. The molecule has 6 rings (SSSR count). The maximum Gasteiger partial charge on any atom is 0.232 e. The fourth-order valence-electron chi connectivity index (χ4n) is 4.25. The van der Waals surface area contributed by atoms with E-state index in [0.717, 1.165) is 52.5 Å². The van der Waals surface area contributed by atoms with Crippen molar-refractivity contribution in [2.75, 3.05) is 30.0 Å². The van der Waals surface area contributed by atoms with Gasteiger partial charge in [0.05, 0.1) is 22.8 Å². The second-order valence-electron chi connectivity index (χ2n) is 8.30. The first kappa shape index (κ1) is 23.0. The van der Waals surface area contributed by atoms with E-state index < -0.39 is 0 Å².